The second-order valence-electron chi connectivity index (χ2n) is 6.88. The number of pyridine rings is 2. The molecule has 1 unspecified atom stereocenters. The fourth-order valence-electron chi connectivity index (χ4n) is 3.90. The SMILES string of the molecule is CC1CCc2cc(-n3c(-c4cccnc4N)nc4cccnc43)ccc21. The van der Waals surface area contributed by atoms with Crippen molar-refractivity contribution in [3.63, 3.8) is 0 Å². The standard InChI is InChI=1S/C21H19N5/c1-13-6-7-14-12-15(8-9-16(13)14)26-20(17-4-2-10-23-19(17)22)25-18-5-3-11-24-21(18)26/h2-5,8-13H,6-7H2,1H3,(H2,22,23). The van der Waals surface area contributed by atoms with E-state index in [4.69, 9.17) is 10.7 Å². The molecule has 0 spiro atoms. The van der Waals surface area contributed by atoms with Crippen LogP contribution >= 0.6 is 0 Å². The van der Waals surface area contributed by atoms with E-state index in [-0.39, 0.29) is 0 Å². The fourth-order valence-corrected chi connectivity index (χ4v) is 3.90. The van der Waals surface area contributed by atoms with Gasteiger partial charge in [-0.15, -0.1) is 0 Å². The number of nitrogens with zero attached hydrogens (tertiary/aromatic N) is 4. The van der Waals surface area contributed by atoms with E-state index in [0.29, 0.717) is 11.7 Å². The van der Waals surface area contributed by atoms with Crippen LogP contribution in [0.4, 0.5) is 5.82 Å². The summed E-state index contributed by atoms with van der Waals surface area (Å²) in [7, 11) is 0. The number of hydrogen-bond donors (Lipinski definition) is 1. The van der Waals surface area contributed by atoms with Crippen LogP contribution in [0.25, 0.3) is 28.2 Å². The summed E-state index contributed by atoms with van der Waals surface area (Å²) in [6.07, 6.45) is 5.83. The zero-order valence-corrected chi connectivity index (χ0v) is 14.6. The van der Waals surface area contributed by atoms with Gasteiger partial charge in [-0.1, -0.05) is 13.0 Å². The van der Waals surface area contributed by atoms with E-state index < -0.39 is 0 Å². The van der Waals surface area contributed by atoms with E-state index in [0.717, 1.165) is 34.7 Å². The van der Waals surface area contributed by atoms with Gasteiger partial charge in [0.05, 0.1) is 5.56 Å². The van der Waals surface area contributed by atoms with E-state index in [9.17, 15) is 0 Å². The average molecular weight is 341 g/mol. The summed E-state index contributed by atoms with van der Waals surface area (Å²) in [6.45, 7) is 2.29. The van der Waals surface area contributed by atoms with Gasteiger partial charge in [-0.3, -0.25) is 4.57 Å². The lowest BCUT2D eigenvalue weighted by atomic mass is 10.0. The molecule has 0 fully saturated rings. The second-order valence-corrected chi connectivity index (χ2v) is 6.88. The molecule has 128 valence electrons. The molecule has 0 bridgehead atoms. The summed E-state index contributed by atoms with van der Waals surface area (Å²) in [5, 5.41) is 0. The monoisotopic (exact) mass is 341 g/mol. The number of nitrogen functional groups attached to an aromatic ring is 1. The van der Waals surface area contributed by atoms with Crippen LogP contribution in [-0.2, 0) is 6.42 Å². The lowest BCUT2D eigenvalue weighted by Crippen LogP contribution is -2.02. The lowest BCUT2D eigenvalue weighted by Gasteiger charge is -2.12. The summed E-state index contributed by atoms with van der Waals surface area (Å²) in [5.41, 5.74) is 12.6. The molecule has 0 saturated carbocycles. The first kappa shape index (κ1) is 15.1. The molecule has 0 amide bonds. The number of fused-ring (bicyclic) bond motifs is 2. The molecule has 4 aromatic rings. The van der Waals surface area contributed by atoms with Gasteiger partial charge in [-0.05, 0) is 66.3 Å². The number of rotatable bonds is 2. The molecular weight excluding hydrogens is 322 g/mol. The van der Waals surface area contributed by atoms with Crippen LogP contribution in [-0.4, -0.2) is 19.5 Å². The van der Waals surface area contributed by atoms with E-state index in [1.165, 1.54) is 17.5 Å². The number of anilines is 1. The summed E-state index contributed by atoms with van der Waals surface area (Å²) < 4.78 is 2.09. The second kappa shape index (κ2) is 5.66. The Morgan fingerprint density at radius 3 is 2.81 bits per heavy atom. The highest BCUT2D eigenvalue weighted by Gasteiger charge is 2.21. The predicted octanol–water partition coefficient (Wildman–Crippen LogP) is 4.11. The van der Waals surface area contributed by atoms with Gasteiger partial charge >= 0.3 is 0 Å². The van der Waals surface area contributed by atoms with Gasteiger partial charge in [0.25, 0.3) is 0 Å². The zero-order valence-electron chi connectivity index (χ0n) is 14.6. The minimum absolute atomic E-state index is 0.471. The Balaban J connectivity index is 1.80. The Morgan fingerprint density at radius 2 is 1.92 bits per heavy atom. The van der Waals surface area contributed by atoms with Gasteiger partial charge in [-0.2, -0.15) is 0 Å². The van der Waals surface area contributed by atoms with Crippen molar-refractivity contribution < 1.29 is 0 Å². The van der Waals surface area contributed by atoms with E-state index in [2.05, 4.69) is 39.7 Å². The van der Waals surface area contributed by atoms with Crippen molar-refractivity contribution in [1.29, 1.82) is 0 Å². The minimum Gasteiger partial charge on any atom is -0.383 e. The summed E-state index contributed by atoms with van der Waals surface area (Å²) in [4.78, 5) is 13.6. The average Bonchev–Trinajstić information content (AvgIpc) is 3.22. The van der Waals surface area contributed by atoms with Crippen molar-refractivity contribution in [3.8, 4) is 17.1 Å². The van der Waals surface area contributed by atoms with Gasteiger partial charge < -0.3 is 5.73 Å². The van der Waals surface area contributed by atoms with Crippen molar-refractivity contribution in [2.24, 2.45) is 0 Å². The number of hydrogen-bond acceptors (Lipinski definition) is 4. The third kappa shape index (κ3) is 2.20. The maximum absolute atomic E-state index is 6.14. The first-order valence-corrected chi connectivity index (χ1v) is 8.90. The Morgan fingerprint density at radius 1 is 1.08 bits per heavy atom. The molecule has 1 aromatic carbocycles. The van der Waals surface area contributed by atoms with Gasteiger partial charge in [0, 0.05) is 18.1 Å². The Bertz CT molecular complexity index is 1130. The molecule has 1 atom stereocenters. The Hall–Kier alpha value is -3.21. The maximum atomic E-state index is 6.14. The van der Waals surface area contributed by atoms with Gasteiger partial charge in [-0.25, -0.2) is 15.0 Å². The molecule has 26 heavy (non-hydrogen) atoms. The third-order valence-corrected chi connectivity index (χ3v) is 5.26. The third-order valence-electron chi connectivity index (χ3n) is 5.26. The van der Waals surface area contributed by atoms with Crippen LogP contribution in [0, 0.1) is 0 Å². The Kier molecular flexibility index (Phi) is 3.28. The first-order valence-electron chi connectivity index (χ1n) is 8.90. The molecule has 0 saturated heterocycles. The normalized spacial score (nSPS) is 16.1. The summed E-state index contributed by atoms with van der Waals surface area (Å²) >= 11 is 0. The number of benzene rings is 1. The molecule has 1 aliphatic rings. The zero-order chi connectivity index (χ0) is 17.7. The summed E-state index contributed by atoms with van der Waals surface area (Å²) in [6, 6.07) is 14.4. The van der Waals surface area contributed by atoms with Crippen LogP contribution in [0.2, 0.25) is 0 Å². The van der Waals surface area contributed by atoms with Gasteiger partial charge in [0.15, 0.2) is 11.5 Å². The van der Waals surface area contributed by atoms with Crippen molar-refractivity contribution in [2.45, 2.75) is 25.7 Å². The highest BCUT2D eigenvalue weighted by atomic mass is 15.1. The lowest BCUT2D eigenvalue weighted by molar-refractivity contribution is 0.747. The number of imidazole rings is 1. The topological polar surface area (TPSA) is 69.6 Å². The van der Waals surface area contributed by atoms with Crippen LogP contribution in [0.15, 0.2) is 54.9 Å². The van der Waals surface area contributed by atoms with Crippen molar-refractivity contribution >= 4 is 17.0 Å². The molecule has 0 radical (unpaired) electrons. The first-order chi connectivity index (χ1) is 12.7. The summed E-state index contributed by atoms with van der Waals surface area (Å²) in [5.74, 6) is 1.87. The maximum Gasteiger partial charge on any atom is 0.164 e. The smallest absolute Gasteiger partial charge is 0.164 e. The van der Waals surface area contributed by atoms with Crippen LogP contribution in [0.3, 0.4) is 0 Å². The molecule has 5 rings (SSSR count). The molecule has 5 heteroatoms. The molecule has 3 aromatic heterocycles. The van der Waals surface area contributed by atoms with Crippen molar-refractivity contribution in [2.75, 3.05) is 5.73 Å². The number of aryl methyl sites for hydroxylation is 1. The largest absolute Gasteiger partial charge is 0.383 e. The van der Waals surface area contributed by atoms with Crippen molar-refractivity contribution in [1.82, 2.24) is 19.5 Å². The van der Waals surface area contributed by atoms with E-state index >= 15 is 0 Å². The van der Waals surface area contributed by atoms with Crippen LogP contribution < -0.4 is 5.73 Å². The molecular formula is C21H19N5. The molecule has 1 aliphatic carbocycles. The molecule has 5 nitrogen and oxygen atoms in total. The van der Waals surface area contributed by atoms with Crippen LogP contribution in [0.5, 0.6) is 0 Å². The molecule has 3 heterocycles. The highest BCUT2D eigenvalue weighted by molar-refractivity contribution is 5.82. The molecule has 0 aliphatic heterocycles. The molecule has 2 N–H and O–H groups in total. The van der Waals surface area contributed by atoms with E-state index in [1.807, 2.05) is 24.3 Å². The van der Waals surface area contributed by atoms with Gasteiger partial charge in [0.2, 0.25) is 0 Å². The highest BCUT2D eigenvalue weighted by Crippen LogP contribution is 2.36. The van der Waals surface area contributed by atoms with Crippen LogP contribution in [0.1, 0.15) is 30.4 Å². The van der Waals surface area contributed by atoms with Crippen molar-refractivity contribution in [3.05, 3.63) is 66.0 Å². The minimum atomic E-state index is 0.471. The quantitative estimate of drug-likeness (QED) is 0.595. The fraction of sp³-hybridized carbons (Fsp3) is 0.190. The predicted molar refractivity (Wildman–Crippen MR) is 103 cm³/mol. The Labute approximate surface area is 151 Å². The number of nitrogens with two attached hydrogens (primary N) is 1. The van der Waals surface area contributed by atoms with E-state index in [1.54, 1.807) is 12.4 Å². The number of aromatic nitrogens is 4. The van der Waals surface area contributed by atoms with Gasteiger partial charge in [0.1, 0.15) is 11.3 Å².